The quantitative estimate of drug-likeness (QED) is 0.839. The second-order valence-corrected chi connectivity index (χ2v) is 7.89. The molecule has 1 N–H and O–H groups in total. The Bertz CT molecular complexity index is 642. The molecule has 2 rings (SSSR count). The third-order valence-electron chi connectivity index (χ3n) is 3.70. The average Bonchev–Trinajstić information content (AvgIpc) is 2.99. The second-order valence-electron chi connectivity index (χ2n) is 5.59. The Morgan fingerprint density at radius 2 is 2.09 bits per heavy atom. The first-order chi connectivity index (χ1) is 10.8. The van der Waals surface area contributed by atoms with Gasteiger partial charge in [-0.25, -0.2) is 8.42 Å². The number of sulfonamides is 1. The van der Waals surface area contributed by atoms with Crippen LogP contribution in [-0.2, 0) is 19.6 Å². The Hall–Kier alpha value is -1.31. The second kappa shape index (κ2) is 7.51. The number of ether oxygens (including phenoxy) is 1. The lowest BCUT2D eigenvalue weighted by Gasteiger charge is -2.28. The first kappa shape index (κ1) is 18.0. The van der Waals surface area contributed by atoms with Crippen molar-refractivity contribution in [1.29, 1.82) is 0 Å². The van der Waals surface area contributed by atoms with Crippen molar-refractivity contribution in [3.8, 4) is 0 Å². The lowest BCUT2D eigenvalue weighted by atomic mass is 10.2. The Morgan fingerprint density at radius 1 is 1.43 bits per heavy atom. The van der Waals surface area contributed by atoms with Crippen LogP contribution in [0.25, 0.3) is 0 Å². The van der Waals surface area contributed by atoms with Crippen molar-refractivity contribution in [2.24, 2.45) is 0 Å². The van der Waals surface area contributed by atoms with E-state index in [0.29, 0.717) is 23.9 Å². The van der Waals surface area contributed by atoms with Crippen LogP contribution in [-0.4, -0.2) is 45.9 Å². The van der Waals surface area contributed by atoms with E-state index >= 15 is 0 Å². The predicted octanol–water partition coefficient (Wildman–Crippen LogP) is 1.79. The Morgan fingerprint density at radius 3 is 2.61 bits per heavy atom. The summed E-state index contributed by atoms with van der Waals surface area (Å²) < 4.78 is 30.8. The standard InChI is InChI=1S/C15H21ClN2O4S/c1-11(15(19)17-10-14-4-3-9-22-14)18(23(2,20)21)13-7-5-12(16)6-8-13/h5-8,11,14H,3-4,9-10H2,1-2H3,(H,17,19)/t11-,14+/m1/s1. The van der Waals surface area contributed by atoms with Crippen molar-refractivity contribution in [3.05, 3.63) is 29.3 Å². The summed E-state index contributed by atoms with van der Waals surface area (Å²) >= 11 is 5.83. The van der Waals surface area contributed by atoms with Gasteiger partial charge in [0.1, 0.15) is 6.04 Å². The van der Waals surface area contributed by atoms with E-state index in [1.807, 2.05) is 0 Å². The number of carbonyl (C=O) groups excluding carboxylic acids is 1. The number of rotatable bonds is 6. The molecule has 1 amide bonds. The molecule has 1 heterocycles. The summed E-state index contributed by atoms with van der Waals surface area (Å²) in [5, 5.41) is 3.26. The number of anilines is 1. The maximum absolute atomic E-state index is 12.3. The smallest absolute Gasteiger partial charge is 0.243 e. The predicted molar refractivity (Wildman–Crippen MR) is 90.2 cm³/mol. The average molecular weight is 361 g/mol. The maximum atomic E-state index is 12.3. The van der Waals surface area contributed by atoms with Crippen LogP contribution in [0, 0.1) is 0 Å². The summed E-state index contributed by atoms with van der Waals surface area (Å²) in [5.41, 5.74) is 0.400. The minimum Gasteiger partial charge on any atom is -0.376 e. The van der Waals surface area contributed by atoms with E-state index in [9.17, 15) is 13.2 Å². The minimum atomic E-state index is -3.61. The van der Waals surface area contributed by atoms with Crippen LogP contribution < -0.4 is 9.62 Å². The van der Waals surface area contributed by atoms with Gasteiger partial charge < -0.3 is 10.1 Å². The highest BCUT2D eigenvalue weighted by Gasteiger charge is 2.29. The van der Waals surface area contributed by atoms with Gasteiger partial charge >= 0.3 is 0 Å². The molecule has 0 bridgehead atoms. The molecule has 0 radical (unpaired) electrons. The molecule has 1 aromatic carbocycles. The number of benzene rings is 1. The number of amides is 1. The van der Waals surface area contributed by atoms with Gasteiger partial charge in [0.15, 0.2) is 0 Å². The van der Waals surface area contributed by atoms with Crippen LogP contribution in [0.1, 0.15) is 19.8 Å². The molecule has 1 aliphatic heterocycles. The van der Waals surface area contributed by atoms with Crippen molar-refractivity contribution >= 4 is 33.2 Å². The molecule has 8 heteroatoms. The van der Waals surface area contributed by atoms with Crippen molar-refractivity contribution < 1.29 is 17.9 Å². The highest BCUT2D eigenvalue weighted by atomic mass is 35.5. The van der Waals surface area contributed by atoms with Crippen LogP contribution in [0.4, 0.5) is 5.69 Å². The van der Waals surface area contributed by atoms with Crippen LogP contribution in [0.5, 0.6) is 0 Å². The zero-order valence-electron chi connectivity index (χ0n) is 13.2. The first-order valence-electron chi connectivity index (χ1n) is 7.43. The van der Waals surface area contributed by atoms with Gasteiger partial charge in [0.05, 0.1) is 18.0 Å². The maximum Gasteiger partial charge on any atom is 0.243 e. The van der Waals surface area contributed by atoms with Crippen LogP contribution in [0.3, 0.4) is 0 Å². The van der Waals surface area contributed by atoms with E-state index < -0.39 is 16.1 Å². The molecule has 0 aliphatic carbocycles. The SMILES string of the molecule is C[C@H](C(=O)NC[C@@H]1CCCO1)N(c1ccc(Cl)cc1)S(C)(=O)=O. The lowest BCUT2D eigenvalue weighted by molar-refractivity contribution is -0.122. The van der Waals surface area contributed by atoms with Gasteiger partial charge in [-0.3, -0.25) is 9.10 Å². The molecule has 0 spiro atoms. The van der Waals surface area contributed by atoms with Gasteiger partial charge in [0.2, 0.25) is 15.9 Å². The molecule has 1 fully saturated rings. The van der Waals surface area contributed by atoms with Crippen LogP contribution >= 0.6 is 11.6 Å². The topological polar surface area (TPSA) is 75.7 Å². The van der Waals surface area contributed by atoms with Gasteiger partial charge in [-0.2, -0.15) is 0 Å². The summed E-state index contributed by atoms with van der Waals surface area (Å²) in [6, 6.07) is 5.46. The van der Waals surface area contributed by atoms with E-state index in [2.05, 4.69) is 5.32 Å². The Balaban J connectivity index is 2.11. The number of hydrogen-bond acceptors (Lipinski definition) is 4. The fourth-order valence-electron chi connectivity index (χ4n) is 2.56. The number of carbonyl (C=O) groups is 1. The molecule has 128 valence electrons. The molecule has 2 atom stereocenters. The molecule has 1 aromatic rings. The molecule has 1 saturated heterocycles. The third kappa shape index (κ3) is 4.83. The van der Waals surface area contributed by atoms with E-state index in [-0.39, 0.29) is 12.0 Å². The molecule has 0 saturated carbocycles. The van der Waals surface area contributed by atoms with Crippen molar-refractivity contribution in [1.82, 2.24) is 5.32 Å². The monoisotopic (exact) mass is 360 g/mol. The summed E-state index contributed by atoms with van der Waals surface area (Å²) in [5.74, 6) is -0.360. The first-order valence-corrected chi connectivity index (χ1v) is 9.66. The molecule has 0 aromatic heterocycles. The molecular weight excluding hydrogens is 340 g/mol. The zero-order chi connectivity index (χ0) is 17.0. The molecular formula is C15H21ClN2O4S. The van der Waals surface area contributed by atoms with Gasteiger partial charge in [0, 0.05) is 18.2 Å². The number of hydrogen-bond donors (Lipinski definition) is 1. The third-order valence-corrected chi connectivity index (χ3v) is 5.19. The van der Waals surface area contributed by atoms with Crippen molar-refractivity contribution in [3.63, 3.8) is 0 Å². The Kier molecular flexibility index (Phi) is 5.89. The normalized spacial score (nSPS) is 19.3. The zero-order valence-corrected chi connectivity index (χ0v) is 14.7. The van der Waals surface area contributed by atoms with Gasteiger partial charge in [-0.1, -0.05) is 11.6 Å². The van der Waals surface area contributed by atoms with E-state index in [0.717, 1.165) is 23.4 Å². The highest BCUT2D eigenvalue weighted by molar-refractivity contribution is 7.92. The summed E-state index contributed by atoms with van der Waals surface area (Å²) in [7, 11) is -3.61. The molecule has 0 unspecified atom stereocenters. The largest absolute Gasteiger partial charge is 0.376 e. The number of nitrogens with one attached hydrogen (secondary N) is 1. The van der Waals surface area contributed by atoms with Crippen molar-refractivity contribution in [2.45, 2.75) is 31.9 Å². The fraction of sp³-hybridized carbons (Fsp3) is 0.533. The van der Waals surface area contributed by atoms with Crippen LogP contribution in [0.2, 0.25) is 5.02 Å². The number of nitrogens with zero attached hydrogens (tertiary/aromatic N) is 1. The van der Waals surface area contributed by atoms with E-state index in [4.69, 9.17) is 16.3 Å². The van der Waals surface area contributed by atoms with Gasteiger partial charge in [0.25, 0.3) is 0 Å². The Labute approximate surface area is 141 Å². The van der Waals surface area contributed by atoms with Crippen LogP contribution in [0.15, 0.2) is 24.3 Å². The van der Waals surface area contributed by atoms with Crippen molar-refractivity contribution in [2.75, 3.05) is 23.7 Å². The van der Waals surface area contributed by atoms with Gasteiger partial charge in [-0.05, 0) is 44.0 Å². The molecule has 23 heavy (non-hydrogen) atoms. The molecule has 6 nitrogen and oxygen atoms in total. The van der Waals surface area contributed by atoms with Gasteiger partial charge in [-0.15, -0.1) is 0 Å². The summed E-state index contributed by atoms with van der Waals surface area (Å²) in [6.45, 7) is 2.65. The van der Waals surface area contributed by atoms with E-state index in [1.165, 1.54) is 0 Å². The lowest BCUT2D eigenvalue weighted by Crippen LogP contribution is -2.49. The van der Waals surface area contributed by atoms with E-state index in [1.54, 1.807) is 31.2 Å². The molecule has 1 aliphatic rings. The fourth-order valence-corrected chi connectivity index (χ4v) is 3.87. The summed E-state index contributed by atoms with van der Waals surface area (Å²) in [6.07, 6.45) is 2.97. The number of halogens is 1. The highest BCUT2D eigenvalue weighted by Crippen LogP contribution is 2.23. The minimum absolute atomic E-state index is 0.00775. The summed E-state index contributed by atoms with van der Waals surface area (Å²) in [4.78, 5) is 12.3.